The molecule has 3 nitrogen and oxygen atoms in total. The van der Waals surface area contributed by atoms with Gasteiger partial charge in [-0.05, 0) is 74.6 Å². The van der Waals surface area contributed by atoms with E-state index in [0.717, 1.165) is 17.0 Å². The first-order valence-corrected chi connectivity index (χ1v) is 16.1. The predicted octanol–water partition coefficient (Wildman–Crippen LogP) is 9.72. The molecule has 2 aromatic rings. The molecule has 0 radical (unpaired) electrons. The van der Waals surface area contributed by atoms with Gasteiger partial charge >= 0.3 is 0 Å². The highest BCUT2D eigenvalue weighted by atomic mass is 35.5. The molecule has 11 heteroatoms. The number of halogens is 8. The standard InChI is InChI=1S/C29H24Cl8N2O/c1-26(2,3)40-23-16-17-21(12-4-6-13(30)7-5-12)38-39(15-10-8-14(31)9-11-15)22(17)18(23)20-19(16)27(34)24(32)25(33)28(20,35)29(27,36)37/h4-11,16-20,22-23H,1-3H3/t16-,17-,18?,19?,20?,22+,23-,27+,28-/m0/s1. The van der Waals surface area contributed by atoms with Gasteiger partial charge in [0.05, 0.1) is 39.2 Å². The summed E-state index contributed by atoms with van der Waals surface area (Å²) in [5.74, 6) is -1.03. The van der Waals surface area contributed by atoms with Crippen LogP contribution in [0.4, 0.5) is 5.69 Å². The van der Waals surface area contributed by atoms with Gasteiger partial charge in [-0.2, -0.15) is 5.10 Å². The lowest BCUT2D eigenvalue weighted by molar-refractivity contribution is -0.0867. The summed E-state index contributed by atoms with van der Waals surface area (Å²) >= 11 is 55.4. The molecule has 4 bridgehead atoms. The monoisotopic (exact) mass is 696 g/mol. The zero-order valence-electron chi connectivity index (χ0n) is 21.5. The molecular formula is C29H24Cl8N2O. The van der Waals surface area contributed by atoms with Crippen LogP contribution in [-0.4, -0.2) is 37.5 Å². The third-order valence-electron chi connectivity index (χ3n) is 9.35. The van der Waals surface area contributed by atoms with Crippen LogP contribution in [0.2, 0.25) is 10.0 Å². The second kappa shape index (κ2) is 8.99. The Bertz CT molecular complexity index is 1470. The van der Waals surface area contributed by atoms with Gasteiger partial charge in [-0.1, -0.05) is 81.7 Å². The van der Waals surface area contributed by atoms with Gasteiger partial charge in [0.1, 0.15) is 9.75 Å². The molecule has 0 saturated heterocycles. The zero-order valence-corrected chi connectivity index (χ0v) is 27.5. The number of fused-ring (bicyclic) bond motifs is 12. The number of rotatable bonds is 3. The topological polar surface area (TPSA) is 24.8 Å². The van der Waals surface area contributed by atoms with Crippen molar-refractivity contribution in [3.8, 4) is 0 Å². The van der Waals surface area contributed by atoms with Crippen molar-refractivity contribution < 1.29 is 4.74 Å². The van der Waals surface area contributed by atoms with Gasteiger partial charge in [-0.25, -0.2) is 0 Å². The van der Waals surface area contributed by atoms with Crippen molar-refractivity contribution >= 4 is 104 Å². The molecule has 3 unspecified atom stereocenters. The Labute approximate surface area is 273 Å². The van der Waals surface area contributed by atoms with Crippen molar-refractivity contribution in [1.29, 1.82) is 0 Å². The summed E-state index contributed by atoms with van der Waals surface area (Å²) in [5.41, 5.74) is 2.33. The molecule has 5 aliphatic rings. The van der Waals surface area contributed by atoms with Crippen LogP contribution < -0.4 is 5.01 Å². The Hall–Kier alpha value is -0.0700. The van der Waals surface area contributed by atoms with Crippen LogP contribution in [0.15, 0.2) is 63.7 Å². The first-order valence-electron chi connectivity index (χ1n) is 13.0. The zero-order chi connectivity index (χ0) is 28.7. The molecule has 0 spiro atoms. The van der Waals surface area contributed by atoms with Crippen molar-refractivity contribution in [2.45, 2.75) is 52.6 Å². The number of allylic oxidation sites excluding steroid dienone is 2. The van der Waals surface area contributed by atoms with E-state index in [0.29, 0.717) is 10.0 Å². The number of nitrogens with zero attached hydrogens (tertiary/aromatic N) is 2. The average molecular weight is 700 g/mol. The molecule has 4 aliphatic carbocycles. The first kappa shape index (κ1) is 28.7. The minimum absolute atomic E-state index is 0.0851. The highest BCUT2D eigenvalue weighted by molar-refractivity contribution is 6.65. The van der Waals surface area contributed by atoms with Crippen molar-refractivity contribution in [3.05, 3.63) is 74.2 Å². The molecule has 212 valence electrons. The normalized spacial score (nSPS) is 40.6. The third-order valence-corrected chi connectivity index (χ3v) is 14.1. The van der Waals surface area contributed by atoms with Gasteiger partial charge in [0.2, 0.25) is 0 Å². The van der Waals surface area contributed by atoms with E-state index >= 15 is 0 Å². The summed E-state index contributed by atoms with van der Waals surface area (Å²) < 4.78 is 5.26. The van der Waals surface area contributed by atoms with E-state index in [2.05, 4.69) is 25.8 Å². The van der Waals surface area contributed by atoms with Crippen molar-refractivity contribution in [3.63, 3.8) is 0 Å². The molecule has 40 heavy (non-hydrogen) atoms. The van der Waals surface area contributed by atoms with Crippen molar-refractivity contribution in [1.82, 2.24) is 0 Å². The van der Waals surface area contributed by atoms with Gasteiger partial charge in [0, 0.05) is 27.8 Å². The number of benzene rings is 2. The number of alkyl halides is 4. The van der Waals surface area contributed by atoms with E-state index in [1.54, 1.807) is 0 Å². The summed E-state index contributed by atoms with van der Waals surface area (Å²) in [6.07, 6.45) is -0.231. The van der Waals surface area contributed by atoms with Gasteiger partial charge in [-0.3, -0.25) is 5.01 Å². The van der Waals surface area contributed by atoms with Gasteiger partial charge in [0.15, 0.2) is 4.33 Å². The number of hydrazone groups is 1. The predicted molar refractivity (Wildman–Crippen MR) is 168 cm³/mol. The number of anilines is 1. The van der Waals surface area contributed by atoms with Crippen LogP contribution in [-0.2, 0) is 4.74 Å². The molecule has 0 amide bonds. The van der Waals surface area contributed by atoms with Crippen molar-refractivity contribution in [2.24, 2.45) is 34.7 Å². The fraction of sp³-hybridized carbons (Fsp3) is 0.483. The molecule has 9 atom stereocenters. The summed E-state index contributed by atoms with van der Waals surface area (Å²) in [6, 6.07) is 15.2. The lowest BCUT2D eigenvalue weighted by Crippen LogP contribution is -2.52. The smallest absolute Gasteiger partial charge is 0.166 e. The summed E-state index contributed by atoms with van der Waals surface area (Å²) in [7, 11) is 0. The van der Waals surface area contributed by atoms with E-state index < -0.39 is 19.7 Å². The minimum atomic E-state index is -1.63. The van der Waals surface area contributed by atoms with Gasteiger partial charge in [-0.15, -0.1) is 23.2 Å². The molecule has 2 aromatic carbocycles. The molecular weight excluding hydrogens is 676 g/mol. The maximum absolute atomic E-state index is 7.47. The second-order valence-corrected chi connectivity index (χ2v) is 16.5. The lowest BCUT2D eigenvalue weighted by atomic mass is 9.65. The molecule has 0 N–H and O–H groups in total. The first-order chi connectivity index (χ1) is 18.6. The average Bonchev–Trinajstić information content (AvgIpc) is 3.57. The highest BCUT2D eigenvalue weighted by Gasteiger charge is 2.90. The Balaban J connectivity index is 1.46. The van der Waals surface area contributed by atoms with Crippen LogP contribution in [0.5, 0.6) is 0 Å². The van der Waals surface area contributed by atoms with E-state index in [9.17, 15) is 0 Å². The Morgan fingerprint density at radius 1 is 0.750 bits per heavy atom. The molecule has 1 heterocycles. The van der Waals surface area contributed by atoms with Crippen LogP contribution in [0.25, 0.3) is 0 Å². The Kier molecular flexibility index (Phi) is 6.45. The van der Waals surface area contributed by atoms with E-state index in [1.165, 1.54) is 0 Å². The van der Waals surface area contributed by atoms with E-state index in [-0.39, 0.29) is 51.8 Å². The molecule has 1 aliphatic heterocycles. The summed E-state index contributed by atoms with van der Waals surface area (Å²) in [5, 5.41) is 9.02. The number of ether oxygens (including phenoxy) is 1. The largest absolute Gasteiger partial charge is 0.372 e. The van der Waals surface area contributed by atoms with Crippen LogP contribution >= 0.6 is 92.8 Å². The highest BCUT2D eigenvalue weighted by Crippen LogP contribution is 2.84. The van der Waals surface area contributed by atoms with Crippen LogP contribution in [0, 0.1) is 29.6 Å². The van der Waals surface area contributed by atoms with Crippen molar-refractivity contribution in [2.75, 3.05) is 5.01 Å². The molecule has 3 fully saturated rings. The Morgan fingerprint density at radius 3 is 1.77 bits per heavy atom. The lowest BCUT2D eigenvalue weighted by Gasteiger charge is -2.45. The summed E-state index contributed by atoms with van der Waals surface area (Å²) in [4.78, 5) is -2.77. The van der Waals surface area contributed by atoms with Crippen LogP contribution in [0.3, 0.4) is 0 Å². The fourth-order valence-electron chi connectivity index (χ4n) is 8.21. The fourth-order valence-corrected chi connectivity index (χ4v) is 11.6. The second-order valence-electron chi connectivity index (χ2n) is 12.4. The van der Waals surface area contributed by atoms with Crippen LogP contribution in [0.1, 0.15) is 26.3 Å². The summed E-state index contributed by atoms with van der Waals surface area (Å²) in [6.45, 7) is 6.15. The third kappa shape index (κ3) is 3.42. The van der Waals surface area contributed by atoms with E-state index in [4.69, 9.17) is 103 Å². The molecule has 0 aromatic heterocycles. The number of hydrogen-bond acceptors (Lipinski definition) is 3. The molecule has 3 saturated carbocycles. The SMILES string of the molecule is CC(C)(C)O[C@@H]1C2C3C([C@@H]1[C@H]1C(c4ccc(Cl)cc4)=NN(c4ccc(Cl)cc4)[C@@H]21)[C@@]1(Cl)C(Cl)=C(Cl)[C@]3(Cl)C1(Cl)Cl. The van der Waals surface area contributed by atoms with E-state index in [1.807, 2.05) is 48.5 Å². The van der Waals surface area contributed by atoms with Gasteiger partial charge in [0.25, 0.3) is 0 Å². The molecule has 7 rings (SSSR count). The maximum Gasteiger partial charge on any atom is 0.166 e. The quantitative estimate of drug-likeness (QED) is 0.236. The number of hydrogen-bond donors (Lipinski definition) is 0. The van der Waals surface area contributed by atoms with Gasteiger partial charge < -0.3 is 4.74 Å². The maximum atomic E-state index is 7.47. The minimum Gasteiger partial charge on any atom is -0.372 e. The Morgan fingerprint density at radius 2 is 1.25 bits per heavy atom.